The Morgan fingerprint density at radius 3 is 2.47 bits per heavy atom. The van der Waals surface area contributed by atoms with Crippen molar-refractivity contribution in [2.45, 2.75) is 6.54 Å². The highest BCUT2D eigenvalue weighted by Crippen LogP contribution is 2.19. The first-order valence-corrected chi connectivity index (χ1v) is 6.03. The summed E-state index contributed by atoms with van der Waals surface area (Å²) in [5.74, 6) is 0.351. The number of carbonyl (C=O) groups excluding carboxylic acids is 1. The van der Waals surface area contributed by atoms with Gasteiger partial charge < -0.3 is 15.8 Å². The van der Waals surface area contributed by atoms with E-state index in [0.29, 0.717) is 18.0 Å². The molecule has 0 bridgehead atoms. The molecule has 4 heteroatoms. The van der Waals surface area contributed by atoms with Crippen LogP contribution in [0, 0.1) is 0 Å². The Morgan fingerprint density at radius 1 is 1.05 bits per heavy atom. The summed E-state index contributed by atoms with van der Waals surface area (Å²) in [6.45, 7) is 0.453. The molecule has 0 aromatic heterocycles. The summed E-state index contributed by atoms with van der Waals surface area (Å²) in [6.07, 6.45) is 0. The number of nitrogens with two attached hydrogens (primary N) is 1. The predicted molar refractivity (Wildman–Crippen MR) is 74.6 cm³/mol. The number of rotatable bonds is 5. The molecule has 0 aliphatic heterocycles. The number of anilines is 1. The molecule has 0 aliphatic carbocycles. The van der Waals surface area contributed by atoms with Crippen molar-refractivity contribution in [3.05, 3.63) is 60.2 Å². The van der Waals surface area contributed by atoms with Crippen LogP contribution >= 0.6 is 0 Å². The largest absolute Gasteiger partial charge is 0.482 e. The fourth-order valence-corrected chi connectivity index (χ4v) is 1.60. The number of nitrogen functional groups attached to an aromatic ring is 1. The molecule has 0 unspecified atom stereocenters. The number of para-hydroxylation sites is 2. The van der Waals surface area contributed by atoms with E-state index in [4.69, 9.17) is 10.5 Å². The van der Waals surface area contributed by atoms with Crippen molar-refractivity contribution in [2.24, 2.45) is 0 Å². The van der Waals surface area contributed by atoms with E-state index in [2.05, 4.69) is 5.32 Å². The summed E-state index contributed by atoms with van der Waals surface area (Å²) in [5, 5.41) is 2.78. The van der Waals surface area contributed by atoms with Crippen LogP contribution in [0.25, 0.3) is 0 Å². The molecule has 0 heterocycles. The molecule has 19 heavy (non-hydrogen) atoms. The molecule has 0 spiro atoms. The molecule has 98 valence electrons. The van der Waals surface area contributed by atoms with Crippen LogP contribution in [0.15, 0.2) is 54.6 Å². The molecule has 0 saturated heterocycles. The third-order valence-corrected chi connectivity index (χ3v) is 2.61. The summed E-state index contributed by atoms with van der Waals surface area (Å²) in [4.78, 5) is 11.6. The standard InChI is InChI=1S/C15H16N2O2/c16-13-8-4-5-9-14(13)19-11-15(18)17-10-12-6-2-1-3-7-12/h1-9H,10-11,16H2,(H,17,18). The molecular weight excluding hydrogens is 240 g/mol. The molecule has 0 fully saturated rings. The van der Waals surface area contributed by atoms with Gasteiger partial charge in [0, 0.05) is 6.54 Å². The zero-order valence-electron chi connectivity index (χ0n) is 10.5. The fourth-order valence-electron chi connectivity index (χ4n) is 1.60. The van der Waals surface area contributed by atoms with Crippen LogP contribution in [0.2, 0.25) is 0 Å². The van der Waals surface area contributed by atoms with Gasteiger partial charge in [0.2, 0.25) is 0 Å². The van der Waals surface area contributed by atoms with Gasteiger partial charge in [-0.3, -0.25) is 4.79 Å². The van der Waals surface area contributed by atoms with Gasteiger partial charge in [0.15, 0.2) is 6.61 Å². The van der Waals surface area contributed by atoms with Gasteiger partial charge in [0.1, 0.15) is 5.75 Å². The summed E-state index contributed by atoms with van der Waals surface area (Å²) in [7, 11) is 0. The van der Waals surface area contributed by atoms with Crippen molar-refractivity contribution in [1.29, 1.82) is 0 Å². The Morgan fingerprint density at radius 2 is 1.74 bits per heavy atom. The van der Waals surface area contributed by atoms with Gasteiger partial charge in [-0.25, -0.2) is 0 Å². The lowest BCUT2D eigenvalue weighted by Crippen LogP contribution is -2.28. The highest BCUT2D eigenvalue weighted by atomic mass is 16.5. The number of benzene rings is 2. The van der Waals surface area contributed by atoms with Crippen molar-refractivity contribution < 1.29 is 9.53 Å². The van der Waals surface area contributed by atoms with Crippen molar-refractivity contribution in [3.8, 4) is 5.75 Å². The fraction of sp³-hybridized carbons (Fsp3) is 0.133. The van der Waals surface area contributed by atoms with Crippen LogP contribution in [0.1, 0.15) is 5.56 Å². The molecule has 1 amide bonds. The molecule has 0 aliphatic rings. The maximum absolute atomic E-state index is 11.6. The first-order valence-electron chi connectivity index (χ1n) is 6.03. The minimum absolute atomic E-state index is 0.0406. The Bertz CT molecular complexity index is 541. The molecule has 0 radical (unpaired) electrons. The normalized spacial score (nSPS) is 9.89. The van der Waals surface area contributed by atoms with Crippen LogP contribution < -0.4 is 15.8 Å². The lowest BCUT2D eigenvalue weighted by Gasteiger charge is -2.09. The monoisotopic (exact) mass is 256 g/mol. The van der Waals surface area contributed by atoms with Crippen LogP contribution in [-0.2, 0) is 11.3 Å². The van der Waals surface area contributed by atoms with E-state index >= 15 is 0 Å². The van der Waals surface area contributed by atoms with E-state index in [1.165, 1.54) is 0 Å². The minimum Gasteiger partial charge on any atom is -0.482 e. The number of carbonyl (C=O) groups is 1. The summed E-state index contributed by atoms with van der Waals surface area (Å²) in [5.41, 5.74) is 7.29. The lowest BCUT2D eigenvalue weighted by molar-refractivity contribution is -0.123. The molecule has 2 rings (SSSR count). The molecule has 0 saturated carbocycles. The van der Waals surface area contributed by atoms with Crippen molar-refractivity contribution in [3.63, 3.8) is 0 Å². The first-order chi connectivity index (χ1) is 9.25. The molecule has 3 N–H and O–H groups in total. The number of hydrogen-bond donors (Lipinski definition) is 2. The number of hydrogen-bond acceptors (Lipinski definition) is 3. The number of ether oxygens (including phenoxy) is 1. The van der Waals surface area contributed by atoms with E-state index in [1.54, 1.807) is 12.1 Å². The van der Waals surface area contributed by atoms with Crippen molar-refractivity contribution in [1.82, 2.24) is 5.32 Å². The zero-order valence-corrected chi connectivity index (χ0v) is 10.5. The highest BCUT2D eigenvalue weighted by Gasteiger charge is 2.04. The maximum atomic E-state index is 11.6. The highest BCUT2D eigenvalue weighted by molar-refractivity contribution is 5.77. The quantitative estimate of drug-likeness (QED) is 0.804. The van der Waals surface area contributed by atoms with Crippen LogP contribution in [0.5, 0.6) is 5.75 Å². The molecule has 2 aromatic carbocycles. The van der Waals surface area contributed by atoms with E-state index < -0.39 is 0 Å². The SMILES string of the molecule is Nc1ccccc1OCC(=O)NCc1ccccc1. The summed E-state index contributed by atoms with van der Waals surface area (Å²) < 4.78 is 5.35. The van der Waals surface area contributed by atoms with Crippen LogP contribution in [0.3, 0.4) is 0 Å². The van der Waals surface area contributed by atoms with E-state index in [9.17, 15) is 4.79 Å². The summed E-state index contributed by atoms with van der Waals surface area (Å²) >= 11 is 0. The Balaban J connectivity index is 1.78. The average Bonchev–Trinajstić information content (AvgIpc) is 2.45. The Kier molecular flexibility index (Phi) is 4.39. The molecular formula is C15H16N2O2. The van der Waals surface area contributed by atoms with Gasteiger partial charge in [-0.05, 0) is 17.7 Å². The smallest absolute Gasteiger partial charge is 0.258 e. The van der Waals surface area contributed by atoms with Crippen molar-refractivity contribution >= 4 is 11.6 Å². The first kappa shape index (κ1) is 13.0. The predicted octanol–water partition coefficient (Wildman–Crippen LogP) is 1.96. The maximum Gasteiger partial charge on any atom is 0.258 e. The second kappa shape index (κ2) is 6.44. The van der Waals surface area contributed by atoms with E-state index in [1.807, 2.05) is 42.5 Å². The Hall–Kier alpha value is -2.49. The van der Waals surface area contributed by atoms with Gasteiger partial charge in [-0.2, -0.15) is 0 Å². The third kappa shape index (κ3) is 4.03. The van der Waals surface area contributed by atoms with Gasteiger partial charge in [-0.1, -0.05) is 42.5 Å². The molecule has 0 atom stereocenters. The topological polar surface area (TPSA) is 64.3 Å². The van der Waals surface area contributed by atoms with Crippen LogP contribution in [0.4, 0.5) is 5.69 Å². The van der Waals surface area contributed by atoms with Gasteiger partial charge in [0.25, 0.3) is 5.91 Å². The van der Waals surface area contributed by atoms with E-state index in [0.717, 1.165) is 5.56 Å². The molecule has 2 aromatic rings. The van der Waals surface area contributed by atoms with Crippen LogP contribution in [-0.4, -0.2) is 12.5 Å². The van der Waals surface area contributed by atoms with Gasteiger partial charge in [-0.15, -0.1) is 0 Å². The van der Waals surface area contributed by atoms with E-state index in [-0.39, 0.29) is 12.5 Å². The minimum atomic E-state index is -0.174. The number of amides is 1. The average molecular weight is 256 g/mol. The Labute approximate surface area is 112 Å². The molecule has 4 nitrogen and oxygen atoms in total. The second-order valence-electron chi connectivity index (χ2n) is 4.09. The second-order valence-corrected chi connectivity index (χ2v) is 4.09. The van der Waals surface area contributed by atoms with Gasteiger partial charge >= 0.3 is 0 Å². The number of nitrogens with one attached hydrogen (secondary N) is 1. The van der Waals surface area contributed by atoms with Gasteiger partial charge in [0.05, 0.1) is 5.69 Å². The lowest BCUT2D eigenvalue weighted by atomic mass is 10.2. The zero-order chi connectivity index (χ0) is 13.5. The van der Waals surface area contributed by atoms with Crippen molar-refractivity contribution in [2.75, 3.05) is 12.3 Å². The third-order valence-electron chi connectivity index (χ3n) is 2.61. The summed E-state index contributed by atoms with van der Waals surface area (Å²) in [6, 6.07) is 16.8.